The number of para-hydroxylation sites is 1. The van der Waals surface area contributed by atoms with Crippen LogP contribution < -0.4 is 14.8 Å². The fourth-order valence-electron chi connectivity index (χ4n) is 4.12. The summed E-state index contributed by atoms with van der Waals surface area (Å²) in [4.78, 5) is 17.6. The summed E-state index contributed by atoms with van der Waals surface area (Å²) in [6.07, 6.45) is 0.886. The summed E-state index contributed by atoms with van der Waals surface area (Å²) >= 11 is 0. The molecule has 0 saturated carbocycles. The third-order valence-corrected chi connectivity index (χ3v) is 5.96. The number of benzene rings is 3. The normalized spacial score (nSPS) is 13.7. The second-order valence-electron chi connectivity index (χ2n) is 8.68. The maximum atomic E-state index is 13.3. The van der Waals surface area contributed by atoms with E-state index in [1.807, 2.05) is 90.7 Å². The van der Waals surface area contributed by atoms with Crippen LogP contribution in [-0.4, -0.2) is 61.8 Å². The summed E-state index contributed by atoms with van der Waals surface area (Å²) in [5, 5.41) is 3.04. The summed E-state index contributed by atoms with van der Waals surface area (Å²) in [5.74, 6) is 2.32. The van der Waals surface area contributed by atoms with Crippen molar-refractivity contribution in [1.82, 2.24) is 9.80 Å². The first-order chi connectivity index (χ1) is 17.7. The van der Waals surface area contributed by atoms with E-state index in [1.165, 1.54) is 0 Å². The van der Waals surface area contributed by atoms with E-state index in [0.717, 1.165) is 67.8 Å². The second-order valence-corrected chi connectivity index (χ2v) is 8.68. The summed E-state index contributed by atoms with van der Waals surface area (Å²) < 4.78 is 17.0. The highest BCUT2D eigenvalue weighted by Gasteiger charge is 2.17. The highest BCUT2D eigenvalue weighted by Crippen LogP contribution is 2.23. The average molecular weight is 490 g/mol. The molecule has 0 unspecified atom stereocenters. The zero-order valence-electron chi connectivity index (χ0n) is 20.9. The Morgan fingerprint density at radius 3 is 2.44 bits per heavy atom. The molecule has 190 valence electrons. The molecule has 1 fully saturated rings. The Kier molecular flexibility index (Phi) is 9.59. The molecule has 0 aromatic heterocycles. The summed E-state index contributed by atoms with van der Waals surface area (Å²) in [7, 11) is 0. The van der Waals surface area contributed by atoms with Crippen LogP contribution in [0.2, 0.25) is 0 Å². The number of nitrogens with one attached hydrogen (secondary N) is 1. The number of carbonyl (C=O) groups is 1. The largest absolute Gasteiger partial charge is 0.494 e. The van der Waals surface area contributed by atoms with E-state index in [0.29, 0.717) is 19.7 Å². The van der Waals surface area contributed by atoms with E-state index in [9.17, 15) is 4.79 Å². The summed E-state index contributed by atoms with van der Waals surface area (Å²) in [6, 6.07) is 24.9. The highest BCUT2D eigenvalue weighted by atomic mass is 16.5. The van der Waals surface area contributed by atoms with Gasteiger partial charge in [0, 0.05) is 38.4 Å². The Morgan fingerprint density at radius 2 is 1.69 bits per heavy atom. The molecule has 1 aliphatic heterocycles. The lowest BCUT2D eigenvalue weighted by Gasteiger charge is -2.28. The van der Waals surface area contributed by atoms with Gasteiger partial charge in [-0.1, -0.05) is 30.3 Å². The number of rotatable bonds is 11. The minimum atomic E-state index is -0.129. The van der Waals surface area contributed by atoms with Crippen LogP contribution in [0.4, 0.5) is 10.5 Å². The molecule has 1 aliphatic rings. The number of amides is 2. The molecule has 3 aromatic rings. The minimum Gasteiger partial charge on any atom is -0.494 e. The number of nitrogens with zero attached hydrogens (tertiary/aromatic N) is 2. The van der Waals surface area contributed by atoms with Crippen molar-refractivity contribution >= 4 is 11.7 Å². The van der Waals surface area contributed by atoms with Gasteiger partial charge >= 0.3 is 6.03 Å². The van der Waals surface area contributed by atoms with E-state index in [-0.39, 0.29) is 6.03 Å². The molecule has 0 aliphatic carbocycles. The van der Waals surface area contributed by atoms with Crippen LogP contribution in [0.25, 0.3) is 0 Å². The van der Waals surface area contributed by atoms with Gasteiger partial charge in [0.2, 0.25) is 0 Å². The molecule has 1 N–H and O–H groups in total. The van der Waals surface area contributed by atoms with Gasteiger partial charge in [0.05, 0.1) is 19.8 Å². The fraction of sp³-hybridized carbons (Fsp3) is 0.345. The molecule has 0 atom stereocenters. The van der Waals surface area contributed by atoms with Gasteiger partial charge in [0.25, 0.3) is 0 Å². The highest BCUT2D eigenvalue weighted by molar-refractivity contribution is 5.89. The summed E-state index contributed by atoms with van der Waals surface area (Å²) in [6.45, 7) is 8.05. The predicted octanol–water partition coefficient (Wildman–Crippen LogP) is 5.63. The lowest BCUT2D eigenvalue weighted by Crippen LogP contribution is -2.40. The fourth-order valence-corrected chi connectivity index (χ4v) is 4.12. The van der Waals surface area contributed by atoms with Crippen molar-refractivity contribution in [3.8, 4) is 17.2 Å². The molecule has 2 amide bonds. The number of ether oxygens (including phenoxy) is 3. The van der Waals surface area contributed by atoms with Crippen molar-refractivity contribution in [3.05, 3.63) is 84.4 Å². The second kappa shape index (κ2) is 13.5. The van der Waals surface area contributed by atoms with Crippen LogP contribution in [0.15, 0.2) is 78.9 Å². The number of hydrogen-bond acceptors (Lipinski definition) is 5. The lowest BCUT2D eigenvalue weighted by atomic mass is 10.2. The Morgan fingerprint density at radius 1 is 0.944 bits per heavy atom. The maximum Gasteiger partial charge on any atom is 0.322 e. The van der Waals surface area contributed by atoms with Crippen molar-refractivity contribution in [2.75, 3.05) is 51.3 Å². The number of carbonyl (C=O) groups excluding carboxylic acids is 1. The number of hydrogen-bond donors (Lipinski definition) is 1. The molecule has 0 bridgehead atoms. The Bertz CT molecular complexity index is 1070. The topological polar surface area (TPSA) is 63.3 Å². The Balaban J connectivity index is 1.42. The zero-order chi connectivity index (χ0) is 25.0. The van der Waals surface area contributed by atoms with Gasteiger partial charge in [-0.3, -0.25) is 4.90 Å². The molecule has 7 nitrogen and oxygen atoms in total. The number of anilines is 1. The first-order valence-electron chi connectivity index (χ1n) is 12.6. The molecule has 36 heavy (non-hydrogen) atoms. The van der Waals surface area contributed by atoms with Crippen molar-refractivity contribution in [2.45, 2.75) is 19.9 Å². The van der Waals surface area contributed by atoms with Gasteiger partial charge in [-0.15, -0.1) is 0 Å². The minimum absolute atomic E-state index is 0.129. The van der Waals surface area contributed by atoms with Gasteiger partial charge in [0.1, 0.15) is 17.2 Å². The SMILES string of the molecule is CCOc1ccc(NC(=O)N(CCCN2CCOCC2)Cc2cccc(Oc3ccccc3)c2)cc1. The van der Waals surface area contributed by atoms with E-state index >= 15 is 0 Å². The van der Waals surface area contributed by atoms with Crippen LogP contribution in [0, 0.1) is 0 Å². The van der Waals surface area contributed by atoms with Crippen molar-refractivity contribution in [1.29, 1.82) is 0 Å². The van der Waals surface area contributed by atoms with Crippen LogP contribution in [-0.2, 0) is 11.3 Å². The van der Waals surface area contributed by atoms with Crippen LogP contribution >= 0.6 is 0 Å². The van der Waals surface area contributed by atoms with Crippen LogP contribution in [0.5, 0.6) is 17.2 Å². The molecule has 7 heteroatoms. The summed E-state index contributed by atoms with van der Waals surface area (Å²) in [5.41, 5.74) is 1.75. The number of morpholine rings is 1. The first kappa shape index (κ1) is 25.5. The van der Waals surface area contributed by atoms with Gasteiger partial charge in [-0.2, -0.15) is 0 Å². The van der Waals surface area contributed by atoms with E-state index in [1.54, 1.807) is 0 Å². The molecule has 1 heterocycles. The van der Waals surface area contributed by atoms with Gasteiger partial charge in [-0.25, -0.2) is 4.79 Å². The van der Waals surface area contributed by atoms with Gasteiger partial charge < -0.3 is 24.4 Å². The van der Waals surface area contributed by atoms with Gasteiger partial charge in [0.15, 0.2) is 0 Å². The standard InChI is InChI=1S/C29H35N3O4/c1-2-35-26-14-12-25(13-15-26)30-29(33)32(17-7-16-31-18-20-34-21-19-31)23-24-8-6-11-28(22-24)36-27-9-4-3-5-10-27/h3-6,8-15,22H,2,7,16-21,23H2,1H3,(H,30,33). The molecule has 3 aromatic carbocycles. The Labute approximate surface area is 213 Å². The number of urea groups is 1. The van der Waals surface area contributed by atoms with Crippen LogP contribution in [0.1, 0.15) is 18.9 Å². The average Bonchev–Trinajstić information content (AvgIpc) is 2.91. The van der Waals surface area contributed by atoms with E-state index < -0.39 is 0 Å². The Hall–Kier alpha value is -3.55. The smallest absolute Gasteiger partial charge is 0.322 e. The molecule has 0 radical (unpaired) electrons. The third kappa shape index (κ3) is 8.00. The van der Waals surface area contributed by atoms with Crippen molar-refractivity contribution < 1.29 is 19.0 Å². The molecular weight excluding hydrogens is 454 g/mol. The lowest BCUT2D eigenvalue weighted by molar-refractivity contribution is 0.0365. The van der Waals surface area contributed by atoms with Crippen molar-refractivity contribution in [3.63, 3.8) is 0 Å². The maximum absolute atomic E-state index is 13.3. The first-order valence-corrected chi connectivity index (χ1v) is 12.6. The van der Waals surface area contributed by atoms with Crippen molar-refractivity contribution in [2.24, 2.45) is 0 Å². The third-order valence-electron chi connectivity index (χ3n) is 5.96. The van der Waals surface area contributed by atoms with E-state index in [4.69, 9.17) is 14.2 Å². The zero-order valence-corrected chi connectivity index (χ0v) is 20.9. The van der Waals surface area contributed by atoms with Crippen LogP contribution in [0.3, 0.4) is 0 Å². The van der Waals surface area contributed by atoms with Gasteiger partial charge in [-0.05, 0) is 67.4 Å². The predicted molar refractivity (Wildman–Crippen MR) is 142 cm³/mol. The van der Waals surface area contributed by atoms with E-state index in [2.05, 4.69) is 10.2 Å². The molecule has 4 rings (SSSR count). The molecule has 1 saturated heterocycles. The quantitative estimate of drug-likeness (QED) is 0.378. The monoisotopic (exact) mass is 489 g/mol. The molecule has 0 spiro atoms. The molecular formula is C29H35N3O4.